The van der Waals surface area contributed by atoms with Gasteiger partial charge in [0.05, 0.1) is 0 Å². The van der Waals surface area contributed by atoms with E-state index in [0.717, 1.165) is 0 Å². The summed E-state index contributed by atoms with van der Waals surface area (Å²) < 4.78 is 8.39. The Balaban J connectivity index is 2.32. The standard InChI is InChI=1S/C3H4O5/c4-3-6-1-2(7-3)8-5/h2,5H,1H2. The molecule has 0 bridgehead atoms. The molecule has 1 N–H and O–H groups in total. The Morgan fingerprint density at radius 1 is 1.88 bits per heavy atom. The van der Waals surface area contributed by atoms with E-state index in [9.17, 15) is 4.79 Å². The van der Waals surface area contributed by atoms with E-state index >= 15 is 0 Å². The van der Waals surface area contributed by atoms with Gasteiger partial charge in [-0.15, -0.1) is 0 Å². The number of carbonyl (C=O) groups is 1. The molecule has 8 heavy (non-hydrogen) atoms. The van der Waals surface area contributed by atoms with Gasteiger partial charge in [0.1, 0.15) is 0 Å². The normalized spacial score (nSPS) is 27.1. The number of carbonyl (C=O) groups excluding carboxylic acids is 1. The minimum atomic E-state index is -0.942. The SMILES string of the molecule is O=C1OCC(OO)O1. The van der Waals surface area contributed by atoms with Crippen molar-refractivity contribution in [1.82, 2.24) is 0 Å². The fourth-order valence-corrected chi connectivity index (χ4v) is 0.363. The van der Waals surface area contributed by atoms with E-state index in [-0.39, 0.29) is 6.61 Å². The van der Waals surface area contributed by atoms with Gasteiger partial charge < -0.3 is 9.47 Å². The molecular weight excluding hydrogens is 116 g/mol. The van der Waals surface area contributed by atoms with Crippen molar-refractivity contribution in [2.75, 3.05) is 6.61 Å². The highest BCUT2D eigenvalue weighted by molar-refractivity contribution is 5.61. The molecule has 5 nitrogen and oxygen atoms in total. The lowest BCUT2D eigenvalue weighted by atomic mass is 10.7. The van der Waals surface area contributed by atoms with Crippen LogP contribution in [0.4, 0.5) is 4.79 Å². The van der Waals surface area contributed by atoms with E-state index in [1.807, 2.05) is 0 Å². The Hall–Kier alpha value is -0.810. The minimum absolute atomic E-state index is 0.0463. The Kier molecular flexibility index (Phi) is 1.32. The largest absolute Gasteiger partial charge is 0.511 e. The zero-order chi connectivity index (χ0) is 5.98. The first kappa shape index (κ1) is 5.33. The molecular formula is C3H4O5. The fraction of sp³-hybridized carbons (Fsp3) is 0.667. The van der Waals surface area contributed by atoms with E-state index in [0.29, 0.717) is 0 Å². The smallest absolute Gasteiger partial charge is 0.427 e. The Morgan fingerprint density at radius 2 is 2.62 bits per heavy atom. The average molecular weight is 120 g/mol. The Morgan fingerprint density at radius 3 is 2.88 bits per heavy atom. The van der Waals surface area contributed by atoms with Crippen molar-refractivity contribution in [3.8, 4) is 0 Å². The summed E-state index contributed by atoms with van der Waals surface area (Å²) >= 11 is 0. The molecule has 0 spiro atoms. The maximum Gasteiger partial charge on any atom is 0.511 e. The summed E-state index contributed by atoms with van der Waals surface area (Å²) in [5.74, 6) is 0. The summed E-state index contributed by atoms with van der Waals surface area (Å²) in [5, 5.41) is 7.83. The Labute approximate surface area is 44.7 Å². The molecule has 1 saturated heterocycles. The molecule has 0 aromatic rings. The maximum atomic E-state index is 9.98. The molecule has 0 amide bonds. The van der Waals surface area contributed by atoms with Crippen molar-refractivity contribution in [1.29, 1.82) is 0 Å². The number of hydrogen-bond acceptors (Lipinski definition) is 5. The van der Waals surface area contributed by atoms with Gasteiger partial charge in [-0.25, -0.2) is 10.1 Å². The minimum Gasteiger partial charge on any atom is -0.427 e. The third-order valence-corrected chi connectivity index (χ3v) is 0.683. The summed E-state index contributed by atoms with van der Waals surface area (Å²) in [6.45, 7) is -0.0463. The molecule has 1 fully saturated rings. The second-order valence-electron chi connectivity index (χ2n) is 1.21. The third-order valence-electron chi connectivity index (χ3n) is 0.683. The van der Waals surface area contributed by atoms with E-state index in [2.05, 4.69) is 14.4 Å². The van der Waals surface area contributed by atoms with Crippen LogP contribution in [0.2, 0.25) is 0 Å². The van der Waals surface area contributed by atoms with Crippen molar-refractivity contribution in [2.24, 2.45) is 0 Å². The Bertz CT molecular complexity index is 99.8. The summed E-state index contributed by atoms with van der Waals surface area (Å²) in [4.78, 5) is 13.6. The predicted molar refractivity (Wildman–Crippen MR) is 19.9 cm³/mol. The van der Waals surface area contributed by atoms with Gasteiger partial charge in [0.15, 0.2) is 6.61 Å². The molecule has 0 aromatic heterocycles. The molecule has 0 radical (unpaired) electrons. The highest BCUT2D eigenvalue weighted by Crippen LogP contribution is 2.04. The first-order chi connectivity index (χ1) is 3.83. The molecule has 1 rings (SSSR count). The quantitative estimate of drug-likeness (QED) is 0.299. The van der Waals surface area contributed by atoms with Crippen LogP contribution >= 0.6 is 0 Å². The molecule has 0 saturated carbocycles. The van der Waals surface area contributed by atoms with Crippen molar-refractivity contribution in [3.05, 3.63) is 0 Å². The second-order valence-corrected chi connectivity index (χ2v) is 1.21. The summed E-state index contributed by atoms with van der Waals surface area (Å²) in [5.41, 5.74) is 0. The average Bonchev–Trinajstić information content (AvgIpc) is 2.14. The summed E-state index contributed by atoms with van der Waals surface area (Å²) in [6.07, 6.45) is -1.76. The highest BCUT2D eigenvalue weighted by atomic mass is 17.1. The zero-order valence-electron chi connectivity index (χ0n) is 3.86. The first-order valence-electron chi connectivity index (χ1n) is 1.96. The molecule has 1 heterocycles. The molecule has 1 aliphatic heterocycles. The molecule has 5 heteroatoms. The van der Waals surface area contributed by atoms with Gasteiger partial charge in [0, 0.05) is 0 Å². The lowest BCUT2D eigenvalue weighted by Crippen LogP contribution is -2.11. The zero-order valence-corrected chi connectivity index (χ0v) is 3.86. The van der Waals surface area contributed by atoms with Crippen molar-refractivity contribution >= 4 is 6.16 Å². The van der Waals surface area contributed by atoms with Crippen LogP contribution in [0.3, 0.4) is 0 Å². The number of ether oxygens (including phenoxy) is 2. The molecule has 0 aliphatic carbocycles. The topological polar surface area (TPSA) is 65.0 Å². The van der Waals surface area contributed by atoms with Crippen LogP contribution in [0.15, 0.2) is 0 Å². The van der Waals surface area contributed by atoms with Crippen molar-refractivity contribution in [2.45, 2.75) is 6.29 Å². The number of cyclic esters (lactones) is 2. The number of rotatable bonds is 1. The van der Waals surface area contributed by atoms with Crippen molar-refractivity contribution in [3.63, 3.8) is 0 Å². The van der Waals surface area contributed by atoms with Crippen molar-refractivity contribution < 1.29 is 24.4 Å². The van der Waals surface area contributed by atoms with Gasteiger partial charge in [-0.2, -0.15) is 4.89 Å². The van der Waals surface area contributed by atoms with E-state index in [1.54, 1.807) is 0 Å². The van der Waals surface area contributed by atoms with Gasteiger partial charge in [-0.3, -0.25) is 0 Å². The first-order valence-corrected chi connectivity index (χ1v) is 1.96. The van der Waals surface area contributed by atoms with Gasteiger partial charge >= 0.3 is 6.16 Å². The van der Waals surface area contributed by atoms with E-state index in [1.165, 1.54) is 0 Å². The lowest BCUT2D eigenvalue weighted by Gasteiger charge is -1.96. The third kappa shape index (κ3) is 0.877. The van der Waals surface area contributed by atoms with Crippen LogP contribution in [-0.4, -0.2) is 24.3 Å². The van der Waals surface area contributed by atoms with E-state index < -0.39 is 12.4 Å². The lowest BCUT2D eigenvalue weighted by molar-refractivity contribution is -0.323. The van der Waals surface area contributed by atoms with Gasteiger partial charge in [0.2, 0.25) is 0 Å². The van der Waals surface area contributed by atoms with E-state index in [4.69, 9.17) is 5.26 Å². The molecule has 1 atom stereocenters. The van der Waals surface area contributed by atoms with Crippen LogP contribution in [0, 0.1) is 0 Å². The molecule has 1 unspecified atom stereocenters. The molecule has 46 valence electrons. The number of hydrogen-bond donors (Lipinski definition) is 1. The second kappa shape index (κ2) is 1.97. The van der Waals surface area contributed by atoms with Gasteiger partial charge in [0.25, 0.3) is 6.29 Å². The van der Waals surface area contributed by atoms with Gasteiger partial charge in [-0.1, -0.05) is 0 Å². The van der Waals surface area contributed by atoms with Crippen LogP contribution < -0.4 is 0 Å². The highest BCUT2D eigenvalue weighted by Gasteiger charge is 2.25. The van der Waals surface area contributed by atoms with Crippen LogP contribution in [0.1, 0.15) is 0 Å². The van der Waals surface area contributed by atoms with Crippen LogP contribution in [0.25, 0.3) is 0 Å². The maximum absolute atomic E-state index is 9.98. The monoisotopic (exact) mass is 120 g/mol. The van der Waals surface area contributed by atoms with Crippen LogP contribution in [0.5, 0.6) is 0 Å². The molecule has 0 aromatic carbocycles. The van der Waals surface area contributed by atoms with Gasteiger partial charge in [-0.05, 0) is 0 Å². The molecule has 1 aliphatic rings. The fourth-order valence-electron chi connectivity index (χ4n) is 0.363. The summed E-state index contributed by atoms with van der Waals surface area (Å²) in [6, 6.07) is 0. The predicted octanol–water partition coefficient (Wildman–Crippen LogP) is -0.0311. The summed E-state index contributed by atoms with van der Waals surface area (Å²) in [7, 11) is 0. The van der Waals surface area contributed by atoms with Crippen LogP contribution in [-0.2, 0) is 14.4 Å².